The Morgan fingerprint density at radius 2 is 1.71 bits per heavy atom. The number of carbonyl (C=O) groups excluding carboxylic acids is 2. The fraction of sp³-hybridized carbons (Fsp3) is 0.364. The third-order valence-corrected chi connectivity index (χ3v) is 8.15. The van der Waals surface area contributed by atoms with Crippen molar-refractivity contribution in [2.24, 2.45) is 5.92 Å². The van der Waals surface area contributed by atoms with Crippen molar-refractivity contribution in [1.82, 2.24) is 4.90 Å². The van der Waals surface area contributed by atoms with Crippen LogP contribution >= 0.6 is 0 Å². The van der Waals surface area contributed by atoms with Gasteiger partial charge in [0.15, 0.2) is 18.1 Å². The number of fused-ring (bicyclic) bond motifs is 2. The third-order valence-electron chi connectivity index (χ3n) is 8.15. The van der Waals surface area contributed by atoms with E-state index in [-0.39, 0.29) is 54.4 Å². The summed E-state index contributed by atoms with van der Waals surface area (Å²) in [7, 11) is 4.68. The molecular formula is C33H34NNaO10. The molecule has 45 heavy (non-hydrogen) atoms. The minimum absolute atomic E-state index is 0. The van der Waals surface area contributed by atoms with Crippen LogP contribution in [0, 0.1) is 5.92 Å². The van der Waals surface area contributed by atoms with Crippen LogP contribution in [0.2, 0.25) is 0 Å². The van der Waals surface area contributed by atoms with Crippen LogP contribution in [0.15, 0.2) is 54.6 Å². The van der Waals surface area contributed by atoms with Gasteiger partial charge in [0.25, 0.3) is 0 Å². The van der Waals surface area contributed by atoms with E-state index in [4.69, 9.17) is 23.7 Å². The molecular weight excluding hydrogens is 593 g/mol. The normalized spacial score (nSPS) is 19.2. The molecule has 1 aliphatic heterocycles. The number of hydrogen-bond acceptors (Lipinski definition) is 9. The van der Waals surface area contributed by atoms with Gasteiger partial charge in [-0.3, -0.25) is 4.79 Å². The predicted molar refractivity (Wildman–Crippen MR) is 155 cm³/mol. The fourth-order valence-electron chi connectivity index (χ4n) is 6.21. The molecule has 5 rings (SSSR count). The summed E-state index contributed by atoms with van der Waals surface area (Å²) in [5.41, 5.74) is 0.666. The molecule has 11 nitrogen and oxygen atoms in total. The molecule has 1 amide bonds. The summed E-state index contributed by atoms with van der Waals surface area (Å²) < 4.78 is 28.2. The first-order valence-corrected chi connectivity index (χ1v) is 14.2. The van der Waals surface area contributed by atoms with Crippen LogP contribution in [0.4, 0.5) is 0 Å². The molecule has 232 valence electrons. The second-order valence-corrected chi connectivity index (χ2v) is 11.0. The van der Waals surface area contributed by atoms with Gasteiger partial charge >= 0.3 is 35.5 Å². The Morgan fingerprint density at radius 1 is 0.978 bits per heavy atom. The van der Waals surface area contributed by atoms with Gasteiger partial charge in [0.05, 0.1) is 13.7 Å². The minimum Gasteiger partial charge on any atom is -0.550 e. The van der Waals surface area contributed by atoms with Crippen LogP contribution in [0.5, 0.6) is 28.7 Å². The van der Waals surface area contributed by atoms with Gasteiger partial charge in [-0.1, -0.05) is 25.1 Å². The van der Waals surface area contributed by atoms with Gasteiger partial charge in [-0.25, -0.2) is 4.79 Å². The monoisotopic (exact) mass is 627 g/mol. The molecule has 0 aromatic heterocycles. The van der Waals surface area contributed by atoms with Crippen LogP contribution in [0.1, 0.15) is 47.9 Å². The van der Waals surface area contributed by atoms with Crippen molar-refractivity contribution in [1.29, 1.82) is 0 Å². The van der Waals surface area contributed by atoms with Crippen molar-refractivity contribution >= 4 is 17.8 Å². The average Bonchev–Trinajstić information content (AvgIpc) is 3.59. The second-order valence-electron chi connectivity index (χ2n) is 11.0. The van der Waals surface area contributed by atoms with Crippen molar-refractivity contribution < 1.29 is 77.8 Å². The van der Waals surface area contributed by atoms with E-state index in [1.165, 1.54) is 18.1 Å². The number of nitrogens with zero attached hydrogens (tertiary/aromatic N) is 1. The van der Waals surface area contributed by atoms with Gasteiger partial charge in [-0.2, -0.15) is 0 Å². The maximum atomic E-state index is 13.6. The first-order valence-electron chi connectivity index (χ1n) is 14.2. The zero-order chi connectivity index (χ0) is 31.6. The summed E-state index contributed by atoms with van der Waals surface area (Å²) >= 11 is 0. The first kappa shape index (κ1) is 34.0. The molecule has 0 spiro atoms. The second kappa shape index (κ2) is 14.0. The van der Waals surface area contributed by atoms with Crippen LogP contribution in [0.25, 0.3) is 0 Å². The summed E-state index contributed by atoms with van der Waals surface area (Å²) in [6.07, 6.45) is 0.546. The molecule has 1 aliphatic carbocycles. The summed E-state index contributed by atoms with van der Waals surface area (Å²) in [5, 5.41) is 22.9. The van der Waals surface area contributed by atoms with Gasteiger partial charge < -0.3 is 43.6 Å². The number of aliphatic carboxylic acids is 2. The number of rotatable bonds is 12. The molecule has 0 radical (unpaired) electrons. The van der Waals surface area contributed by atoms with Crippen molar-refractivity contribution in [2.75, 3.05) is 41.2 Å². The molecule has 3 aromatic carbocycles. The molecule has 1 heterocycles. The van der Waals surface area contributed by atoms with Gasteiger partial charge in [-0.15, -0.1) is 0 Å². The molecule has 1 N–H and O–H groups in total. The molecule has 0 bridgehead atoms. The molecule has 12 heteroatoms. The zero-order valence-corrected chi connectivity index (χ0v) is 28.0. The van der Waals surface area contributed by atoms with E-state index < -0.39 is 35.8 Å². The number of benzene rings is 3. The number of carboxylic acid groups (broad SMARTS) is 2. The minimum atomic E-state index is -1.44. The molecule has 0 saturated carbocycles. The standard InChI is InChI=1S/C33H35NO10.Na/c1-5-12-41-21-8-10-24-23(14-21)30(22-9-7-20(40-4)15-26(22)42-17-29(36)37)31(32(38)39)33(24,16-28(35)34(2)3)19-6-11-25-27(13-19)44-18-43-25;/h6-11,13-15,30-31H,5,12,16-18H2,1-4H3,(H,36,37)(H,38,39);/q;+1/p-1. The van der Waals surface area contributed by atoms with Crippen LogP contribution in [-0.4, -0.2) is 69.1 Å². The van der Waals surface area contributed by atoms with Crippen molar-refractivity contribution in [3.63, 3.8) is 0 Å². The van der Waals surface area contributed by atoms with E-state index >= 15 is 0 Å². The number of carboxylic acids is 2. The molecule has 3 atom stereocenters. The van der Waals surface area contributed by atoms with Gasteiger partial charge in [0.2, 0.25) is 12.7 Å². The molecule has 0 saturated heterocycles. The van der Waals surface area contributed by atoms with Crippen molar-refractivity contribution in [3.05, 3.63) is 76.9 Å². The number of ether oxygens (including phenoxy) is 5. The summed E-state index contributed by atoms with van der Waals surface area (Å²) in [6.45, 7) is 1.76. The molecule has 0 fully saturated rings. The number of carbonyl (C=O) groups is 3. The molecule has 3 unspecified atom stereocenters. The largest absolute Gasteiger partial charge is 1.00 e. The maximum absolute atomic E-state index is 13.6. The van der Waals surface area contributed by atoms with Crippen LogP contribution < -0.4 is 58.3 Å². The van der Waals surface area contributed by atoms with E-state index in [0.717, 1.165) is 6.42 Å². The summed E-state index contributed by atoms with van der Waals surface area (Å²) in [6, 6.07) is 15.3. The Kier molecular flexibility index (Phi) is 10.6. The number of hydrogen-bond donors (Lipinski definition) is 1. The number of amides is 1. The Balaban J connectivity index is 0.00000461. The third kappa shape index (κ3) is 6.43. The summed E-state index contributed by atoms with van der Waals surface area (Å²) in [4.78, 5) is 40.0. The van der Waals surface area contributed by atoms with E-state index in [1.807, 2.05) is 6.92 Å². The fourth-order valence-corrected chi connectivity index (χ4v) is 6.21. The predicted octanol–water partition coefficient (Wildman–Crippen LogP) is -0.0439. The number of methoxy groups -OCH3 is 1. The quantitative estimate of drug-likeness (QED) is 0.272. The van der Waals surface area contributed by atoms with Crippen LogP contribution in [-0.2, 0) is 19.8 Å². The van der Waals surface area contributed by atoms with Crippen LogP contribution in [0.3, 0.4) is 0 Å². The maximum Gasteiger partial charge on any atom is 1.00 e. The first-order chi connectivity index (χ1) is 21.1. The Hall–Kier alpha value is -3.93. The molecule has 3 aromatic rings. The average molecular weight is 628 g/mol. The van der Waals surface area contributed by atoms with E-state index in [2.05, 4.69) is 0 Å². The Morgan fingerprint density at radius 3 is 2.38 bits per heavy atom. The van der Waals surface area contributed by atoms with E-state index in [1.54, 1.807) is 62.6 Å². The Bertz CT molecular complexity index is 1590. The molecule has 2 aliphatic rings. The van der Waals surface area contributed by atoms with Crippen molar-refractivity contribution in [2.45, 2.75) is 31.1 Å². The van der Waals surface area contributed by atoms with E-state index in [9.17, 15) is 24.6 Å². The summed E-state index contributed by atoms with van der Waals surface area (Å²) in [5.74, 6) is -3.20. The van der Waals surface area contributed by atoms with Gasteiger partial charge in [0.1, 0.15) is 17.2 Å². The topological polar surface area (TPSA) is 144 Å². The zero-order valence-electron chi connectivity index (χ0n) is 26.0. The SMILES string of the molecule is CCCOc1ccc2c(c1)C(c1ccc(OC)cc1OCC(=O)O)C(C(=O)[O-])C2(CC(=O)N(C)C)c1ccc2c(c1)OCO2.[Na+]. The smallest absolute Gasteiger partial charge is 0.550 e. The van der Waals surface area contributed by atoms with Crippen molar-refractivity contribution in [3.8, 4) is 28.7 Å². The van der Waals surface area contributed by atoms with E-state index in [0.29, 0.717) is 51.9 Å². The van der Waals surface area contributed by atoms with Gasteiger partial charge in [-0.05, 0) is 53.4 Å². The van der Waals surface area contributed by atoms with Gasteiger partial charge in [0, 0.05) is 55.4 Å². The Labute approximate surface area is 283 Å².